The van der Waals surface area contributed by atoms with E-state index in [9.17, 15) is 9.59 Å². The molecule has 5 heteroatoms. The van der Waals surface area contributed by atoms with Crippen LogP contribution in [0.2, 0.25) is 0 Å². The fourth-order valence-electron chi connectivity index (χ4n) is 2.73. The summed E-state index contributed by atoms with van der Waals surface area (Å²) in [5, 5.41) is 0. The van der Waals surface area contributed by atoms with Crippen molar-refractivity contribution in [3.8, 4) is 0 Å². The monoisotopic (exact) mass is 319 g/mol. The maximum absolute atomic E-state index is 12.7. The second-order valence-electron chi connectivity index (χ2n) is 6.13. The lowest BCUT2D eigenvalue weighted by molar-refractivity contribution is -0.148. The third-order valence-electron chi connectivity index (χ3n) is 4.11. The average molecular weight is 319 g/mol. The number of aryl methyl sites for hydroxylation is 1. The summed E-state index contributed by atoms with van der Waals surface area (Å²) in [6.07, 6.45) is 1.27. The van der Waals surface area contributed by atoms with Crippen LogP contribution in [0.15, 0.2) is 24.3 Å². The van der Waals surface area contributed by atoms with Crippen molar-refractivity contribution >= 4 is 11.9 Å². The van der Waals surface area contributed by atoms with Gasteiger partial charge in [0, 0.05) is 19.7 Å². The number of carbonyl (C=O) groups is 2. The Morgan fingerprint density at radius 1 is 1.35 bits per heavy atom. The minimum absolute atomic E-state index is 0.0428. The number of benzene rings is 1. The molecule has 1 aliphatic heterocycles. The van der Waals surface area contributed by atoms with E-state index in [1.165, 1.54) is 12.7 Å². The van der Waals surface area contributed by atoms with Gasteiger partial charge in [-0.3, -0.25) is 9.59 Å². The smallest absolute Gasteiger partial charge is 0.310 e. The predicted molar refractivity (Wildman–Crippen MR) is 86.8 cm³/mol. The van der Waals surface area contributed by atoms with Gasteiger partial charge in [0.15, 0.2) is 0 Å². The highest BCUT2D eigenvalue weighted by Gasteiger charge is 2.30. The molecule has 1 aromatic carbocycles. The SMILES string of the molecule is COC(=O)C(C)CN(Cc1ccc(C)cc1)C(=O)C1CCCO1. The molecule has 1 saturated heterocycles. The van der Waals surface area contributed by atoms with Gasteiger partial charge < -0.3 is 14.4 Å². The summed E-state index contributed by atoms with van der Waals surface area (Å²) in [5.41, 5.74) is 2.22. The first kappa shape index (κ1) is 17.5. The van der Waals surface area contributed by atoms with Crippen LogP contribution in [0.4, 0.5) is 0 Å². The molecule has 1 aliphatic rings. The Morgan fingerprint density at radius 2 is 2.04 bits per heavy atom. The molecule has 1 amide bonds. The number of ether oxygens (including phenoxy) is 2. The zero-order valence-electron chi connectivity index (χ0n) is 14.1. The van der Waals surface area contributed by atoms with Crippen molar-refractivity contribution in [1.82, 2.24) is 4.90 Å². The number of esters is 1. The Labute approximate surface area is 137 Å². The van der Waals surface area contributed by atoms with Crippen molar-refractivity contribution in [3.05, 3.63) is 35.4 Å². The first-order valence-corrected chi connectivity index (χ1v) is 8.05. The van der Waals surface area contributed by atoms with Crippen LogP contribution in [0.1, 0.15) is 30.9 Å². The maximum Gasteiger partial charge on any atom is 0.310 e. The summed E-state index contributed by atoms with van der Waals surface area (Å²) in [6.45, 7) is 5.23. The summed E-state index contributed by atoms with van der Waals surface area (Å²) in [6, 6.07) is 8.06. The zero-order valence-corrected chi connectivity index (χ0v) is 14.1. The highest BCUT2D eigenvalue weighted by atomic mass is 16.5. The van der Waals surface area contributed by atoms with Crippen LogP contribution in [0, 0.1) is 12.8 Å². The average Bonchev–Trinajstić information content (AvgIpc) is 3.09. The largest absolute Gasteiger partial charge is 0.469 e. The Bertz CT molecular complexity index is 534. The summed E-state index contributed by atoms with van der Waals surface area (Å²) >= 11 is 0. The van der Waals surface area contributed by atoms with E-state index in [1.807, 2.05) is 31.2 Å². The molecule has 0 spiro atoms. The molecule has 126 valence electrons. The van der Waals surface area contributed by atoms with Crippen molar-refractivity contribution in [3.63, 3.8) is 0 Å². The first-order valence-electron chi connectivity index (χ1n) is 8.05. The van der Waals surface area contributed by atoms with E-state index in [-0.39, 0.29) is 23.9 Å². The van der Waals surface area contributed by atoms with Gasteiger partial charge in [0.25, 0.3) is 5.91 Å². The van der Waals surface area contributed by atoms with Gasteiger partial charge in [-0.1, -0.05) is 36.8 Å². The molecule has 2 rings (SSSR count). The van der Waals surface area contributed by atoms with Crippen molar-refractivity contribution in [2.45, 2.75) is 39.3 Å². The summed E-state index contributed by atoms with van der Waals surface area (Å²) in [7, 11) is 1.37. The van der Waals surface area contributed by atoms with Crippen LogP contribution in [-0.2, 0) is 25.6 Å². The van der Waals surface area contributed by atoms with Gasteiger partial charge in [-0.2, -0.15) is 0 Å². The molecule has 0 aromatic heterocycles. The minimum atomic E-state index is -0.384. The van der Waals surface area contributed by atoms with Gasteiger partial charge in [0.05, 0.1) is 13.0 Å². The van der Waals surface area contributed by atoms with Crippen molar-refractivity contribution in [2.75, 3.05) is 20.3 Å². The molecule has 2 unspecified atom stereocenters. The lowest BCUT2D eigenvalue weighted by atomic mass is 10.1. The molecular weight excluding hydrogens is 294 g/mol. The lowest BCUT2D eigenvalue weighted by Gasteiger charge is -2.27. The molecule has 0 aliphatic carbocycles. The molecule has 5 nitrogen and oxygen atoms in total. The minimum Gasteiger partial charge on any atom is -0.469 e. The van der Waals surface area contributed by atoms with Crippen LogP contribution in [-0.4, -0.2) is 43.1 Å². The number of rotatable bonds is 6. The topological polar surface area (TPSA) is 55.8 Å². The van der Waals surface area contributed by atoms with E-state index in [4.69, 9.17) is 9.47 Å². The van der Waals surface area contributed by atoms with Crippen LogP contribution >= 0.6 is 0 Å². The van der Waals surface area contributed by atoms with Crippen LogP contribution < -0.4 is 0 Å². The molecule has 23 heavy (non-hydrogen) atoms. The van der Waals surface area contributed by atoms with Gasteiger partial charge in [0.2, 0.25) is 0 Å². The zero-order chi connectivity index (χ0) is 16.8. The molecule has 2 atom stereocenters. The summed E-state index contributed by atoms with van der Waals surface area (Å²) < 4.78 is 10.3. The normalized spacial score (nSPS) is 18.5. The molecule has 1 fully saturated rings. The molecule has 1 aromatic rings. The Morgan fingerprint density at radius 3 is 2.61 bits per heavy atom. The van der Waals surface area contributed by atoms with Crippen LogP contribution in [0.25, 0.3) is 0 Å². The third kappa shape index (κ3) is 4.79. The molecule has 0 N–H and O–H groups in total. The fourth-order valence-corrected chi connectivity index (χ4v) is 2.73. The quantitative estimate of drug-likeness (QED) is 0.755. The number of methoxy groups -OCH3 is 1. The Balaban J connectivity index is 2.10. The number of hydrogen-bond donors (Lipinski definition) is 0. The van der Waals surface area contributed by atoms with Crippen molar-refractivity contribution in [1.29, 1.82) is 0 Å². The Kier molecular flexibility index (Phi) is 6.16. The van der Waals surface area contributed by atoms with E-state index in [0.717, 1.165) is 18.4 Å². The van der Waals surface area contributed by atoms with Crippen LogP contribution in [0.5, 0.6) is 0 Å². The van der Waals surface area contributed by atoms with Gasteiger partial charge in [-0.15, -0.1) is 0 Å². The van der Waals surface area contributed by atoms with Gasteiger partial charge >= 0.3 is 5.97 Å². The molecule has 1 heterocycles. The maximum atomic E-state index is 12.7. The van der Waals surface area contributed by atoms with Gasteiger partial charge in [-0.05, 0) is 25.3 Å². The van der Waals surface area contributed by atoms with Crippen LogP contribution in [0.3, 0.4) is 0 Å². The highest BCUT2D eigenvalue weighted by Crippen LogP contribution is 2.18. The van der Waals surface area contributed by atoms with E-state index >= 15 is 0 Å². The lowest BCUT2D eigenvalue weighted by Crippen LogP contribution is -2.42. The van der Waals surface area contributed by atoms with E-state index in [0.29, 0.717) is 19.7 Å². The highest BCUT2D eigenvalue weighted by molar-refractivity contribution is 5.82. The Hall–Kier alpha value is -1.88. The molecule has 0 saturated carbocycles. The fraction of sp³-hybridized carbons (Fsp3) is 0.556. The standard InChI is InChI=1S/C18H25NO4/c1-13-6-8-15(9-7-13)12-19(11-14(2)18(21)22-3)17(20)16-5-4-10-23-16/h6-9,14,16H,4-5,10-12H2,1-3H3. The number of carbonyl (C=O) groups excluding carboxylic acids is 2. The molecule has 0 radical (unpaired) electrons. The molecule has 0 bridgehead atoms. The summed E-state index contributed by atoms with van der Waals surface area (Å²) in [4.78, 5) is 26.1. The van der Waals surface area contributed by atoms with E-state index in [2.05, 4.69) is 0 Å². The second kappa shape index (κ2) is 8.11. The van der Waals surface area contributed by atoms with Gasteiger partial charge in [-0.25, -0.2) is 0 Å². The second-order valence-corrected chi connectivity index (χ2v) is 6.13. The van der Waals surface area contributed by atoms with Crippen molar-refractivity contribution in [2.24, 2.45) is 5.92 Å². The van der Waals surface area contributed by atoms with Crippen molar-refractivity contribution < 1.29 is 19.1 Å². The molecular formula is C18H25NO4. The summed E-state index contributed by atoms with van der Waals surface area (Å²) in [5.74, 6) is -0.714. The van der Waals surface area contributed by atoms with E-state index in [1.54, 1.807) is 11.8 Å². The number of amides is 1. The van der Waals surface area contributed by atoms with Gasteiger partial charge in [0.1, 0.15) is 6.10 Å². The van der Waals surface area contributed by atoms with E-state index < -0.39 is 0 Å². The number of nitrogens with zero attached hydrogens (tertiary/aromatic N) is 1. The first-order chi connectivity index (χ1) is 11.0. The third-order valence-corrected chi connectivity index (χ3v) is 4.11. The predicted octanol–water partition coefficient (Wildman–Crippen LogP) is 2.31. The number of hydrogen-bond acceptors (Lipinski definition) is 4.